The molecule has 2 heterocycles. The van der Waals surface area contributed by atoms with Crippen molar-refractivity contribution in [2.45, 2.75) is 0 Å². The molecule has 3 aromatic rings. The summed E-state index contributed by atoms with van der Waals surface area (Å²) in [7, 11) is 0. The van der Waals surface area contributed by atoms with Crippen molar-refractivity contribution in [1.29, 1.82) is 0 Å². The van der Waals surface area contributed by atoms with Crippen LogP contribution in [0.25, 0.3) is 22.3 Å². The molecule has 3 nitrogen and oxygen atoms in total. The van der Waals surface area contributed by atoms with Crippen molar-refractivity contribution >= 4 is 57.6 Å². The molecule has 0 aliphatic rings. The molecule has 0 atom stereocenters. The van der Waals surface area contributed by atoms with Gasteiger partial charge in [0.15, 0.2) is 5.65 Å². The molecule has 0 bridgehead atoms. The topological polar surface area (TPSA) is 38.7 Å². The van der Waals surface area contributed by atoms with Gasteiger partial charge in [0.1, 0.15) is 10.7 Å². The van der Waals surface area contributed by atoms with E-state index in [0.29, 0.717) is 37.4 Å². The fraction of sp³-hybridized carbons (Fsp3) is 0. The van der Waals surface area contributed by atoms with Crippen molar-refractivity contribution in [3.8, 4) is 11.1 Å². The van der Waals surface area contributed by atoms with Gasteiger partial charge in [-0.1, -0.05) is 52.5 Å². The number of rotatable bonds is 1. The van der Waals surface area contributed by atoms with E-state index in [-0.39, 0.29) is 5.15 Å². The Bertz CT molecular complexity index is 820. The van der Waals surface area contributed by atoms with E-state index in [0.717, 1.165) is 0 Å². The summed E-state index contributed by atoms with van der Waals surface area (Å²) in [6.07, 6.45) is 3.06. The molecule has 0 saturated heterocycles. The molecule has 0 aliphatic heterocycles. The van der Waals surface area contributed by atoms with Gasteiger partial charge in [0.2, 0.25) is 0 Å². The van der Waals surface area contributed by atoms with Gasteiger partial charge in [0.25, 0.3) is 0 Å². The Kier molecular flexibility index (Phi) is 3.69. The predicted octanol–water partition coefficient (Wildman–Crippen LogP) is 5.31. The van der Waals surface area contributed by atoms with Crippen LogP contribution in [-0.4, -0.2) is 15.0 Å². The Balaban J connectivity index is 2.36. The zero-order valence-corrected chi connectivity index (χ0v) is 12.8. The molecule has 0 N–H and O–H groups in total. The Morgan fingerprint density at radius 1 is 0.900 bits per heavy atom. The molecule has 0 aliphatic carbocycles. The molecule has 0 amide bonds. The number of fused-ring (bicyclic) bond motifs is 1. The smallest absolute Gasteiger partial charge is 0.181 e. The third-order valence-electron chi connectivity index (χ3n) is 2.72. The lowest BCUT2D eigenvalue weighted by atomic mass is 10.1. The summed E-state index contributed by atoms with van der Waals surface area (Å²) in [6.45, 7) is 0. The Morgan fingerprint density at radius 2 is 1.65 bits per heavy atom. The molecule has 0 fully saturated rings. The van der Waals surface area contributed by atoms with Crippen molar-refractivity contribution in [2.24, 2.45) is 0 Å². The Labute approximate surface area is 134 Å². The van der Waals surface area contributed by atoms with Crippen LogP contribution >= 0.6 is 46.4 Å². The molecule has 0 radical (unpaired) electrons. The van der Waals surface area contributed by atoms with E-state index < -0.39 is 0 Å². The van der Waals surface area contributed by atoms with Crippen LogP contribution in [0.3, 0.4) is 0 Å². The summed E-state index contributed by atoms with van der Waals surface area (Å²) in [5, 5.41) is 1.54. The minimum absolute atomic E-state index is 0.215. The van der Waals surface area contributed by atoms with Gasteiger partial charge in [-0.15, -0.1) is 0 Å². The second-order valence-corrected chi connectivity index (χ2v) is 5.52. The summed E-state index contributed by atoms with van der Waals surface area (Å²) in [4.78, 5) is 12.4. The second-order valence-electron chi connectivity index (χ2n) is 3.94. The van der Waals surface area contributed by atoms with Crippen LogP contribution in [0.2, 0.25) is 20.2 Å². The van der Waals surface area contributed by atoms with Crippen LogP contribution in [-0.2, 0) is 0 Å². The van der Waals surface area contributed by atoms with Crippen LogP contribution in [0.15, 0.2) is 30.6 Å². The van der Waals surface area contributed by atoms with Crippen LogP contribution < -0.4 is 0 Å². The van der Waals surface area contributed by atoms with Crippen molar-refractivity contribution in [3.63, 3.8) is 0 Å². The van der Waals surface area contributed by atoms with Gasteiger partial charge in [0.05, 0.1) is 10.0 Å². The summed E-state index contributed by atoms with van der Waals surface area (Å²) in [5.41, 5.74) is 2.02. The first kappa shape index (κ1) is 13.8. The molecule has 20 heavy (non-hydrogen) atoms. The number of nitrogens with zero attached hydrogens (tertiary/aromatic N) is 3. The normalized spacial score (nSPS) is 11.0. The molecule has 0 unspecified atom stereocenters. The average molecular weight is 345 g/mol. The molecule has 0 spiro atoms. The maximum absolute atomic E-state index is 6.37. The summed E-state index contributed by atoms with van der Waals surface area (Å²) in [5.74, 6) is 0. The van der Waals surface area contributed by atoms with Crippen LogP contribution in [0.5, 0.6) is 0 Å². The van der Waals surface area contributed by atoms with Gasteiger partial charge in [-0.25, -0.2) is 15.0 Å². The van der Waals surface area contributed by atoms with Gasteiger partial charge in [-0.05, 0) is 12.1 Å². The minimum Gasteiger partial charge on any atom is -0.250 e. The minimum atomic E-state index is 0.215. The largest absolute Gasteiger partial charge is 0.250 e. The first-order chi connectivity index (χ1) is 9.58. The van der Waals surface area contributed by atoms with E-state index in [2.05, 4.69) is 15.0 Å². The highest BCUT2D eigenvalue weighted by atomic mass is 35.5. The highest BCUT2D eigenvalue weighted by Gasteiger charge is 2.18. The van der Waals surface area contributed by atoms with Gasteiger partial charge in [-0.3, -0.25) is 0 Å². The van der Waals surface area contributed by atoms with Crippen molar-refractivity contribution in [3.05, 3.63) is 50.8 Å². The SMILES string of the molecule is Clc1ccc(-c2c(Cl)nc3nccnc3c2Cl)c(Cl)c1. The maximum Gasteiger partial charge on any atom is 0.181 e. The van der Waals surface area contributed by atoms with Gasteiger partial charge < -0.3 is 0 Å². The highest BCUT2D eigenvalue weighted by Crippen LogP contribution is 2.40. The first-order valence-electron chi connectivity index (χ1n) is 5.49. The van der Waals surface area contributed by atoms with Gasteiger partial charge >= 0.3 is 0 Å². The van der Waals surface area contributed by atoms with E-state index in [9.17, 15) is 0 Å². The van der Waals surface area contributed by atoms with E-state index in [1.54, 1.807) is 18.2 Å². The zero-order valence-electron chi connectivity index (χ0n) is 9.74. The fourth-order valence-electron chi connectivity index (χ4n) is 1.85. The number of hydrogen-bond acceptors (Lipinski definition) is 3. The van der Waals surface area contributed by atoms with E-state index in [1.807, 2.05) is 0 Å². The zero-order chi connectivity index (χ0) is 14.3. The molecular weight excluding hydrogens is 340 g/mol. The molecule has 2 aromatic heterocycles. The molecule has 100 valence electrons. The average Bonchev–Trinajstić information content (AvgIpc) is 2.41. The van der Waals surface area contributed by atoms with Crippen LogP contribution in [0.1, 0.15) is 0 Å². The molecule has 1 aromatic carbocycles. The summed E-state index contributed by atoms with van der Waals surface area (Å²) in [6, 6.07) is 5.06. The lowest BCUT2D eigenvalue weighted by Gasteiger charge is -2.10. The van der Waals surface area contributed by atoms with Crippen LogP contribution in [0.4, 0.5) is 0 Å². The quantitative estimate of drug-likeness (QED) is 0.562. The van der Waals surface area contributed by atoms with Crippen LogP contribution in [0, 0.1) is 0 Å². The number of hydrogen-bond donors (Lipinski definition) is 0. The molecular formula is C13H5Cl4N3. The van der Waals surface area contributed by atoms with Crippen molar-refractivity contribution in [1.82, 2.24) is 15.0 Å². The number of pyridine rings is 1. The summed E-state index contributed by atoms with van der Waals surface area (Å²) >= 11 is 24.7. The molecule has 7 heteroatoms. The lowest BCUT2D eigenvalue weighted by Crippen LogP contribution is -1.93. The predicted molar refractivity (Wildman–Crippen MR) is 82.8 cm³/mol. The van der Waals surface area contributed by atoms with Crippen molar-refractivity contribution < 1.29 is 0 Å². The standard InChI is InChI=1S/C13H5Cl4N3/c14-6-1-2-7(8(15)5-6)9-10(16)11-13(20-12(9)17)19-4-3-18-11/h1-5H. The second kappa shape index (κ2) is 5.34. The van der Waals surface area contributed by atoms with E-state index in [1.165, 1.54) is 12.4 Å². The number of benzene rings is 1. The van der Waals surface area contributed by atoms with Gasteiger partial charge in [-0.2, -0.15) is 0 Å². The van der Waals surface area contributed by atoms with Crippen molar-refractivity contribution in [2.75, 3.05) is 0 Å². The molecule has 0 saturated carbocycles. The Morgan fingerprint density at radius 3 is 2.40 bits per heavy atom. The third-order valence-corrected chi connectivity index (χ3v) is 3.91. The third kappa shape index (κ3) is 2.31. The maximum atomic E-state index is 6.37. The highest BCUT2D eigenvalue weighted by molar-refractivity contribution is 6.43. The first-order valence-corrected chi connectivity index (χ1v) is 7.00. The Hall–Kier alpha value is -1.13. The van der Waals surface area contributed by atoms with E-state index in [4.69, 9.17) is 46.4 Å². The molecule has 3 rings (SSSR count). The monoisotopic (exact) mass is 343 g/mol. The number of halogens is 4. The number of aromatic nitrogens is 3. The summed E-state index contributed by atoms with van der Waals surface area (Å²) < 4.78 is 0. The van der Waals surface area contributed by atoms with E-state index >= 15 is 0 Å². The van der Waals surface area contributed by atoms with Gasteiger partial charge in [0, 0.05) is 28.5 Å². The fourth-order valence-corrected chi connectivity index (χ4v) is 3.00. The lowest BCUT2D eigenvalue weighted by molar-refractivity contribution is 1.22.